The molecule has 130 valence electrons. The van der Waals surface area contributed by atoms with Gasteiger partial charge in [-0.3, -0.25) is 0 Å². The Bertz CT molecular complexity index is 842. The number of thiazole rings is 1. The van der Waals surface area contributed by atoms with Crippen molar-refractivity contribution in [1.29, 1.82) is 0 Å². The number of halogens is 1. The largest absolute Gasteiger partial charge is 1.00 e. The van der Waals surface area contributed by atoms with Gasteiger partial charge in [-0.05, 0) is 29.8 Å². The molecule has 0 aliphatic carbocycles. The molecule has 0 atom stereocenters. The van der Waals surface area contributed by atoms with Gasteiger partial charge in [0.05, 0.1) is 17.0 Å². The van der Waals surface area contributed by atoms with Gasteiger partial charge in [0, 0.05) is 33.1 Å². The van der Waals surface area contributed by atoms with E-state index in [9.17, 15) is 0 Å². The van der Waals surface area contributed by atoms with Crippen LogP contribution < -0.4 is 17.7 Å². The van der Waals surface area contributed by atoms with E-state index in [-0.39, 0.29) is 12.4 Å². The lowest BCUT2D eigenvalue weighted by atomic mass is 10.2. The summed E-state index contributed by atoms with van der Waals surface area (Å²) < 4.78 is 2.07. The van der Waals surface area contributed by atoms with Crippen molar-refractivity contribution in [2.75, 3.05) is 5.32 Å². The van der Waals surface area contributed by atoms with Gasteiger partial charge in [-0.1, -0.05) is 35.4 Å². The number of anilines is 1. The summed E-state index contributed by atoms with van der Waals surface area (Å²) in [6.45, 7) is 5.01. The predicted molar refractivity (Wildman–Crippen MR) is 102 cm³/mol. The molecule has 0 bridgehead atoms. The molecule has 0 aliphatic heterocycles. The minimum Gasteiger partial charge on any atom is -1.00 e. The SMILES string of the molecule is Cc1s[c+](N=Nc2ccc(NCc3ccccc3)cc2)n(C)c1C.[Cl-]. The number of nitrogens with zero attached hydrogens (tertiary/aromatic N) is 3. The van der Waals surface area contributed by atoms with Crippen LogP contribution in [-0.4, -0.2) is 4.57 Å². The third-order valence-corrected chi connectivity index (χ3v) is 5.14. The fourth-order valence-electron chi connectivity index (χ4n) is 2.29. The van der Waals surface area contributed by atoms with Crippen LogP contribution in [0, 0.1) is 13.8 Å². The number of nitrogens with one attached hydrogen (secondary N) is 1. The third kappa shape index (κ3) is 4.87. The first-order valence-electron chi connectivity index (χ1n) is 7.89. The fraction of sp³-hybridized carbons (Fsp3) is 0.211. The van der Waals surface area contributed by atoms with Gasteiger partial charge in [0.2, 0.25) is 0 Å². The number of rotatable bonds is 5. The fourth-order valence-corrected chi connectivity index (χ4v) is 3.21. The van der Waals surface area contributed by atoms with E-state index in [0.717, 1.165) is 23.1 Å². The maximum Gasteiger partial charge on any atom is 0.317 e. The van der Waals surface area contributed by atoms with Gasteiger partial charge in [0.15, 0.2) is 10.6 Å². The number of aromatic nitrogens is 1. The Morgan fingerprint density at radius 1 is 1.04 bits per heavy atom. The Labute approximate surface area is 158 Å². The van der Waals surface area contributed by atoms with Crippen LogP contribution in [0.25, 0.3) is 0 Å². The second-order valence-corrected chi connectivity index (χ2v) is 6.85. The normalized spacial score (nSPS) is 10.7. The van der Waals surface area contributed by atoms with Crippen LogP contribution in [-0.2, 0) is 13.6 Å². The molecule has 0 fully saturated rings. The van der Waals surface area contributed by atoms with Crippen molar-refractivity contribution in [3.8, 4) is 0 Å². The number of azo groups is 1. The second-order valence-electron chi connectivity index (χ2n) is 5.67. The van der Waals surface area contributed by atoms with Crippen molar-refractivity contribution < 1.29 is 12.4 Å². The van der Waals surface area contributed by atoms with E-state index in [2.05, 4.69) is 58.2 Å². The lowest BCUT2D eigenvalue weighted by Gasteiger charge is -2.06. The van der Waals surface area contributed by atoms with E-state index in [1.54, 1.807) is 11.3 Å². The summed E-state index contributed by atoms with van der Waals surface area (Å²) in [5, 5.41) is 13.0. The Morgan fingerprint density at radius 2 is 1.72 bits per heavy atom. The molecule has 25 heavy (non-hydrogen) atoms. The Hall–Kier alpha value is -2.24. The molecule has 0 aliphatic rings. The van der Waals surface area contributed by atoms with Gasteiger partial charge >= 0.3 is 5.13 Å². The van der Waals surface area contributed by atoms with Crippen molar-refractivity contribution in [1.82, 2.24) is 4.57 Å². The standard InChI is InChI=1S/C19H21N4S.ClH/c1-14-15(2)24-19(23(14)3)22-21-18-11-9-17(10-12-18)20-13-16-7-5-4-6-8-16;/h4-12,20H,13H2,1-3H3;1H/q+1;/p-1. The molecule has 0 saturated heterocycles. The van der Waals surface area contributed by atoms with E-state index in [0.29, 0.717) is 0 Å². The first kappa shape index (κ1) is 19.1. The zero-order valence-electron chi connectivity index (χ0n) is 14.5. The highest BCUT2D eigenvalue weighted by atomic mass is 35.5. The molecule has 3 rings (SSSR count). The quantitative estimate of drug-likeness (QED) is 0.543. The monoisotopic (exact) mass is 372 g/mol. The van der Waals surface area contributed by atoms with Gasteiger partial charge in [-0.2, -0.15) is 0 Å². The first-order chi connectivity index (χ1) is 11.6. The predicted octanol–water partition coefficient (Wildman–Crippen LogP) is 3.02. The summed E-state index contributed by atoms with van der Waals surface area (Å²) in [5.41, 5.74) is 4.42. The summed E-state index contributed by atoms with van der Waals surface area (Å²) in [7, 11) is 2.02. The molecule has 0 spiro atoms. The Kier molecular flexibility index (Phi) is 6.67. The van der Waals surface area contributed by atoms with E-state index < -0.39 is 0 Å². The highest BCUT2D eigenvalue weighted by Crippen LogP contribution is 2.29. The minimum absolute atomic E-state index is 0. The molecule has 6 heteroatoms. The molecule has 1 N–H and O–H groups in total. The molecule has 0 radical (unpaired) electrons. The van der Waals surface area contributed by atoms with Gasteiger partial charge in [0.25, 0.3) is 0 Å². The molecule has 0 unspecified atom stereocenters. The third-order valence-electron chi connectivity index (χ3n) is 4.00. The smallest absolute Gasteiger partial charge is 0.317 e. The molecule has 0 saturated carbocycles. The van der Waals surface area contributed by atoms with Crippen molar-refractivity contribution in [2.45, 2.75) is 20.4 Å². The van der Waals surface area contributed by atoms with E-state index >= 15 is 0 Å². The summed E-state index contributed by atoms with van der Waals surface area (Å²) in [6.07, 6.45) is 0. The zero-order valence-corrected chi connectivity index (χ0v) is 16.1. The number of aryl methyl sites for hydroxylation is 1. The van der Waals surface area contributed by atoms with Crippen LogP contribution in [0.15, 0.2) is 64.8 Å². The number of hydrogen-bond acceptors (Lipinski definition) is 4. The first-order valence-corrected chi connectivity index (χ1v) is 8.71. The van der Waals surface area contributed by atoms with E-state index in [1.165, 1.54) is 16.1 Å². The summed E-state index contributed by atoms with van der Waals surface area (Å²) in [4.78, 5) is 1.27. The van der Waals surface area contributed by atoms with Crippen LogP contribution >= 0.6 is 11.3 Å². The molecule has 1 aromatic heterocycles. The molecule has 2 aromatic carbocycles. The maximum absolute atomic E-state index is 4.37. The van der Waals surface area contributed by atoms with Crippen LogP contribution in [0.1, 0.15) is 16.1 Å². The number of benzene rings is 2. The summed E-state index contributed by atoms with van der Waals surface area (Å²) >= 11 is 1.66. The lowest BCUT2D eigenvalue weighted by molar-refractivity contribution is -0.00000499. The minimum atomic E-state index is 0. The Morgan fingerprint density at radius 3 is 2.32 bits per heavy atom. The van der Waals surface area contributed by atoms with Crippen molar-refractivity contribution in [2.24, 2.45) is 17.3 Å². The molecular formula is C19H21ClN4S. The Balaban J connectivity index is 0.00000225. The molecular weight excluding hydrogens is 352 g/mol. The number of hydrogen-bond donors (Lipinski definition) is 1. The van der Waals surface area contributed by atoms with Gasteiger partial charge < -0.3 is 17.7 Å². The van der Waals surface area contributed by atoms with Gasteiger partial charge in [0.1, 0.15) is 0 Å². The maximum atomic E-state index is 4.37. The zero-order chi connectivity index (χ0) is 16.9. The van der Waals surface area contributed by atoms with Crippen molar-refractivity contribution in [3.63, 3.8) is 0 Å². The molecule has 4 nitrogen and oxygen atoms in total. The highest BCUT2D eigenvalue weighted by Gasteiger charge is 2.16. The van der Waals surface area contributed by atoms with Crippen molar-refractivity contribution >= 4 is 27.8 Å². The molecule has 3 aromatic rings. The van der Waals surface area contributed by atoms with Crippen LogP contribution in [0.5, 0.6) is 0 Å². The van der Waals surface area contributed by atoms with Crippen LogP contribution in [0.4, 0.5) is 16.5 Å². The van der Waals surface area contributed by atoms with E-state index in [1.807, 2.05) is 37.4 Å². The average Bonchev–Trinajstić information content (AvgIpc) is 2.87. The topological polar surface area (TPSA) is 41.7 Å². The van der Waals surface area contributed by atoms with E-state index in [4.69, 9.17) is 0 Å². The van der Waals surface area contributed by atoms with Crippen LogP contribution in [0.3, 0.4) is 0 Å². The second kappa shape index (κ2) is 8.74. The summed E-state index contributed by atoms with van der Waals surface area (Å²) in [5.74, 6) is 0. The summed E-state index contributed by atoms with van der Waals surface area (Å²) in [6, 6.07) is 18.4. The average molecular weight is 373 g/mol. The van der Waals surface area contributed by atoms with Gasteiger partial charge in [-0.25, -0.2) is 4.57 Å². The molecule has 0 amide bonds. The highest BCUT2D eigenvalue weighted by molar-refractivity contribution is 7.15. The molecule has 1 heterocycles. The lowest BCUT2D eigenvalue weighted by Crippen LogP contribution is -3.00. The van der Waals surface area contributed by atoms with Gasteiger partial charge in [-0.15, -0.1) is 5.11 Å². The van der Waals surface area contributed by atoms with Crippen molar-refractivity contribution in [3.05, 3.63) is 70.7 Å². The van der Waals surface area contributed by atoms with Crippen LogP contribution in [0.2, 0.25) is 0 Å².